The number of H-pyrrole nitrogens is 3. The Morgan fingerprint density at radius 3 is 1.86 bits per heavy atom. The summed E-state index contributed by atoms with van der Waals surface area (Å²) in [6, 6.07) is 43.0. The maximum atomic E-state index is 11.2. The Kier molecular flexibility index (Phi) is 15.6. The van der Waals surface area contributed by atoms with Gasteiger partial charge < -0.3 is 15.5 Å². The molecule has 9 rings (SSSR count). The van der Waals surface area contributed by atoms with Crippen LogP contribution in [0.4, 0.5) is 17.6 Å². The van der Waals surface area contributed by atoms with Crippen molar-refractivity contribution in [3.8, 4) is 33.9 Å². The average molecular weight is 791 g/mol. The summed E-state index contributed by atoms with van der Waals surface area (Å²) in [6.07, 6.45) is 1.19. The van der Waals surface area contributed by atoms with E-state index in [2.05, 4.69) is 68.0 Å². The number of aryl methyl sites for hydroxylation is 4. The van der Waals surface area contributed by atoms with E-state index in [9.17, 15) is 4.79 Å². The summed E-state index contributed by atoms with van der Waals surface area (Å²) >= 11 is 0. The first kappa shape index (κ1) is 44.0. The molecule has 6 N–H and O–H groups in total. The molecule has 0 spiro atoms. The lowest BCUT2D eigenvalue weighted by atomic mass is 10.1. The van der Waals surface area contributed by atoms with Gasteiger partial charge in [-0.3, -0.25) is 15.3 Å². The Bertz CT molecular complexity index is 2680. The molecule has 0 atom stereocenters. The van der Waals surface area contributed by atoms with Crippen LogP contribution in [-0.2, 0) is 12.8 Å². The Balaban J connectivity index is 0.000000207. The highest BCUT2D eigenvalue weighted by molar-refractivity contribution is 5.92. The molecule has 0 unspecified atom stereocenters. The van der Waals surface area contributed by atoms with Gasteiger partial charge in [-0.05, 0) is 37.6 Å². The first-order valence-corrected chi connectivity index (χ1v) is 17.8. The van der Waals surface area contributed by atoms with Crippen LogP contribution in [0.2, 0.25) is 0 Å². The SMILES string of the molecule is C.C.C.Cc1cc(-c2ccccc2)n[nH]1.Cc1cc(=O)oc2n[nH]c(-c3ccccc3)c12.Nc1nc(CCc2nc(-c3ccccc3)n[nH]2)nc(Nc2ccccc2)n1. The third-order valence-corrected chi connectivity index (χ3v) is 8.38. The van der Waals surface area contributed by atoms with Crippen molar-refractivity contribution in [3.63, 3.8) is 0 Å². The Morgan fingerprint density at radius 1 is 0.627 bits per heavy atom. The lowest BCUT2D eigenvalue weighted by molar-refractivity contribution is 0.547. The molecule has 59 heavy (non-hydrogen) atoms. The van der Waals surface area contributed by atoms with Gasteiger partial charge in [0.15, 0.2) is 5.82 Å². The predicted octanol–water partition coefficient (Wildman–Crippen LogP) is 9.55. The van der Waals surface area contributed by atoms with Crippen molar-refractivity contribution in [2.45, 2.75) is 49.0 Å². The van der Waals surface area contributed by atoms with Gasteiger partial charge in [0.2, 0.25) is 17.6 Å². The van der Waals surface area contributed by atoms with E-state index in [4.69, 9.17) is 10.2 Å². The molecule has 0 amide bonds. The molecule has 0 fully saturated rings. The van der Waals surface area contributed by atoms with Crippen LogP contribution in [0.15, 0.2) is 143 Å². The number of hydrogen-bond acceptors (Lipinski definition) is 11. The molecular weight excluding hydrogens is 741 g/mol. The van der Waals surface area contributed by atoms with E-state index >= 15 is 0 Å². The number of nitrogens with zero attached hydrogens (tertiary/aromatic N) is 7. The zero-order valence-corrected chi connectivity index (χ0v) is 30.6. The minimum absolute atomic E-state index is 0. The van der Waals surface area contributed by atoms with Crippen LogP contribution in [0.5, 0.6) is 0 Å². The standard InChI is InChI=1S/C19H18N8.C13H10N2O2.C10H10N2.3CH4/c20-18-23-15(24-19(25-18)21-14-9-5-2-6-10-14)11-12-16-22-17(27-26-16)13-7-3-1-4-8-13;1-8-7-10(16)17-13-11(8)12(14-15-13)9-5-3-2-4-6-9;1-8-7-10(12-11-8)9-5-3-2-4-6-9;;;/h1-10H,11-12H2,(H,22,26,27)(H3,20,21,23,24,25);2-7H,1H3,(H,14,15);2-7H,1H3,(H,11,12);3*1H4. The maximum Gasteiger partial charge on any atom is 0.337 e. The fourth-order valence-electron chi connectivity index (χ4n) is 5.74. The highest BCUT2D eigenvalue weighted by Crippen LogP contribution is 2.27. The maximum absolute atomic E-state index is 11.2. The number of hydrogen-bond donors (Lipinski definition) is 5. The fourth-order valence-corrected chi connectivity index (χ4v) is 5.74. The van der Waals surface area contributed by atoms with E-state index in [1.54, 1.807) is 0 Å². The van der Waals surface area contributed by atoms with Crippen molar-refractivity contribution in [1.29, 1.82) is 0 Å². The van der Waals surface area contributed by atoms with Crippen LogP contribution in [0.1, 0.15) is 45.2 Å². The van der Waals surface area contributed by atoms with Crippen molar-refractivity contribution in [2.24, 2.45) is 0 Å². The van der Waals surface area contributed by atoms with Crippen LogP contribution in [0, 0.1) is 13.8 Å². The lowest BCUT2D eigenvalue weighted by Gasteiger charge is -2.06. The topological polar surface area (TPSA) is 206 Å². The summed E-state index contributed by atoms with van der Waals surface area (Å²) in [5.41, 5.74) is 13.7. The lowest BCUT2D eigenvalue weighted by Crippen LogP contribution is -2.08. The molecule has 0 aliphatic rings. The highest BCUT2D eigenvalue weighted by atomic mass is 16.4. The number of nitrogen functional groups attached to an aromatic ring is 1. The van der Waals surface area contributed by atoms with Crippen LogP contribution in [-0.4, -0.2) is 50.5 Å². The minimum Gasteiger partial charge on any atom is -0.402 e. The number of fused-ring (bicyclic) bond motifs is 1. The van der Waals surface area contributed by atoms with Crippen molar-refractivity contribution < 1.29 is 4.42 Å². The molecule has 0 saturated heterocycles. The van der Waals surface area contributed by atoms with E-state index < -0.39 is 0 Å². The van der Waals surface area contributed by atoms with Crippen LogP contribution in [0.25, 0.3) is 45.0 Å². The molecule has 0 radical (unpaired) electrons. The molecule has 0 aliphatic carbocycles. The summed E-state index contributed by atoms with van der Waals surface area (Å²) < 4.78 is 5.05. The van der Waals surface area contributed by atoms with Crippen LogP contribution in [0.3, 0.4) is 0 Å². The van der Waals surface area contributed by atoms with E-state index in [0.29, 0.717) is 36.2 Å². The molecule has 302 valence electrons. The molecule has 4 aromatic carbocycles. The quantitative estimate of drug-likeness (QED) is 0.0979. The van der Waals surface area contributed by atoms with E-state index in [1.165, 1.54) is 6.07 Å². The third-order valence-electron chi connectivity index (χ3n) is 8.38. The zero-order chi connectivity index (χ0) is 38.7. The second-order valence-corrected chi connectivity index (χ2v) is 12.6. The summed E-state index contributed by atoms with van der Waals surface area (Å²) in [5, 5.41) is 25.2. The molecule has 14 nitrogen and oxygen atoms in total. The number of nitrogens with one attached hydrogen (secondary N) is 4. The Hall–Kier alpha value is -7.74. The van der Waals surface area contributed by atoms with E-state index in [0.717, 1.165) is 56.2 Å². The number of aromatic amines is 3. The number of rotatable bonds is 8. The predicted molar refractivity (Wildman–Crippen MR) is 237 cm³/mol. The van der Waals surface area contributed by atoms with Gasteiger partial charge in [-0.25, -0.2) is 9.78 Å². The molecule has 0 saturated carbocycles. The second kappa shape index (κ2) is 21.0. The van der Waals surface area contributed by atoms with Crippen LogP contribution < -0.4 is 16.7 Å². The molecule has 9 aromatic rings. The fraction of sp³-hybridized carbons (Fsp3) is 0.156. The van der Waals surface area contributed by atoms with Crippen molar-refractivity contribution >= 4 is 28.7 Å². The molecule has 5 heterocycles. The van der Waals surface area contributed by atoms with Crippen molar-refractivity contribution in [3.05, 3.63) is 167 Å². The summed E-state index contributed by atoms with van der Waals surface area (Å²) in [5.74, 6) is 2.64. The van der Waals surface area contributed by atoms with Gasteiger partial charge in [-0.1, -0.05) is 131 Å². The van der Waals surface area contributed by atoms with Gasteiger partial charge in [0.05, 0.1) is 16.8 Å². The molecule has 0 bridgehead atoms. The number of anilines is 3. The summed E-state index contributed by atoms with van der Waals surface area (Å²) in [6.45, 7) is 3.88. The first-order chi connectivity index (χ1) is 27.4. The first-order valence-electron chi connectivity index (χ1n) is 17.8. The van der Waals surface area contributed by atoms with Crippen LogP contribution >= 0.6 is 0 Å². The van der Waals surface area contributed by atoms with E-state index in [-0.39, 0.29) is 33.9 Å². The Morgan fingerprint density at radius 2 is 1.24 bits per heavy atom. The van der Waals surface area contributed by atoms with Gasteiger partial charge in [-0.15, -0.1) is 5.10 Å². The second-order valence-electron chi connectivity index (χ2n) is 12.6. The van der Waals surface area contributed by atoms with Gasteiger partial charge in [0.1, 0.15) is 11.6 Å². The molecular formula is C45H50N12O2. The van der Waals surface area contributed by atoms with Crippen molar-refractivity contribution in [2.75, 3.05) is 11.1 Å². The average Bonchev–Trinajstić information content (AvgIpc) is 3.99. The van der Waals surface area contributed by atoms with Gasteiger partial charge in [0, 0.05) is 47.0 Å². The number of aromatic nitrogens is 10. The monoisotopic (exact) mass is 790 g/mol. The zero-order valence-electron chi connectivity index (χ0n) is 30.6. The van der Waals surface area contributed by atoms with E-state index in [1.807, 2.05) is 129 Å². The van der Waals surface area contributed by atoms with Gasteiger partial charge in [0.25, 0.3) is 0 Å². The molecule has 5 aromatic heterocycles. The molecule has 14 heteroatoms. The summed E-state index contributed by atoms with van der Waals surface area (Å²) in [7, 11) is 0. The minimum atomic E-state index is -0.374. The van der Waals surface area contributed by atoms with Gasteiger partial charge in [-0.2, -0.15) is 25.1 Å². The largest absolute Gasteiger partial charge is 0.402 e. The van der Waals surface area contributed by atoms with Crippen molar-refractivity contribution in [1.82, 2.24) is 50.5 Å². The molecule has 0 aliphatic heterocycles. The third kappa shape index (κ3) is 11.6. The summed E-state index contributed by atoms with van der Waals surface area (Å²) in [4.78, 5) is 28.5. The highest BCUT2D eigenvalue weighted by Gasteiger charge is 2.13. The number of nitrogens with two attached hydrogens (primary N) is 1. The van der Waals surface area contributed by atoms with Gasteiger partial charge >= 0.3 is 5.63 Å². The normalized spacial score (nSPS) is 10.1. The Labute approximate surface area is 343 Å². The smallest absolute Gasteiger partial charge is 0.337 e. The number of benzene rings is 4. The number of para-hydroxylation sites is 1.